The zero-order chi connectivity index (χ0) is 17.3. The molecule has 0 unspecified atom stereocenters. The molecule has 2 aromatic rings. The predicted molar refractivity (Wildman–Crippen MR) is 84.4 cm³/mol. The Hall–Kier alpha value is -2.97. The van der Waals surface area contributed by atoms with Crippen molar-refractivity contribution in [2.75, 3.05) is 31.1 Å². The van der Waals surface area contributed by atoms with E-state index in [0.717, 1.165) is 23.9 Å². The maximum absolute atomic E-state index is 13.4. The summed E-state index contributed by atoms with van der Waals surface area (Å²) >= 11 is 0. The Labute approximate surface area is 137 Å². The second kappa shape index (κ2) is 6.26. The first-order valence-electron chi connectivity index (χ1n) is 7.42. The topological polar surface area (TPSA) is 84.5 Å². The Morgan fingerprint density at radius 3 is 2.58 bits per heavy atom. The van der Waals surface area contributed by atoms with Gasteiger partial charge < -0.3 is 9.80 Å². The predicted octanol–water partition coefficient (Wildman–Crippen LogP) is 1.43. The SMILES string of the molecule is Cn1cc(N2CCN(C(=O)c3cc(F)ccc3[N+](=O)[O-])CC2)cn1. The summed E-state index contributed by atoms with van der Waals surface area (Å²) in [5, 5.41) is 15.2. The number of carbonyl (C=O) groups is 1. The number of nitro groups is 1. The van der Waals surface area contributed by atoms with E-state index < -0.39 is 16.6 Å². The molecular weight excluding hydrogens is 317 g/mol. The van der Waals surface area contributed by atoms with Crippen LogP contribution in [0, 0.1) is 15.9 Å². The normalized spacial score (nSPS) is 14.8. The van der Waals surface area contributed by atoms with E-state index in [1.54, 1.807) is 10.9 Å². The van der Waals surface area contributed by atoms with Gasteiger partial charge in [-0.05, 0) is 12.1 Å². The molecule has 0 saturated carbocycles. The van der Waals surface area contributed by atoms with E-state index >= 15 is 0 Å². The molecule has 1 aliphatic rings. The summed E-state index contributed by atoms with van der Waals surface area (Å²) in [6, 6.07) is 2.93. The van der Waals surface area contributed by atoms with Crippen LogP contribution in [0.2, 0.25) is 0 Å². The number of piperazine rings is 1. The molecular formula is C15H16FN5O3. The van der Waals surface area contributed by atoms with E-state index in [1.165, 1.54) is 4.90 Å². The van der Waals surface area contributed by atoms with Crippen LogP contribution in [0.3, 0.4) is 0 Å². The molecule has 8 nitrogen and oxygen atoms in total. The van der Waals surface area contributed by atoms with E-state index in [4.69, 9.17) is 0 Å². The van der Waals surface area contributed by atoms with Gasteiger partial charge in [0.15, 0.2) is 0 Å². The molecule has 2 heterocycles. The summed E-state index contributed by atoms with van der Waals surface area (Å²) < 4.78 is 15.1. The van der Waals surface area contributed by atoms with Crippen molar-refractivity contribution in [3.63, 3.8) is 0 Å². The van der Waals surface area contributed by atoms with Crippen molar-refractivity contribution in [2.24, 2.45) is 7.05 Å². The van der Waals surface area contributed by atoms with Crippen LogP contribution in [0.1, 0.15) is 10.4 Å². The molecule has 126 valence electrons. The fourth-order valence-corrected chi connectivity index (χ4v) is 2.75. The average Bonchev–Trinajstić information content (AvgIpc) is 3.00. The minimum Gasteiger partial charge on any atom is -0.365 e. The van der Waals surface area contributed by atoms with Crippen LogP contribution in [-0.2, 0) is 7.05 Å². The molecule has 1 fully saturated rings. The number of nitro benzene ring substituents is 1. The van der Waals surface area contributed by atoms with Gasteiger partial charge in [0.05, 0.1) is 16.8 Å². The highest BCUT2D eigenvalue weighted by Gasteiger charge is 2.28. The summed E-state index contributed by atoms with van der Waals surface area (Å²) in [7, 11) is 1.83. The maximum atomic E-state index is 13.4. The molecule has 1 saturated heterocycles. The zero-order valence-corrected chi connectivity index (χ0v) is 13.1. The van der Waals surface area contributed by atoms with Gasteiger partial charge in [0.2, 0.25) is 0 Å². The number of hydrogen-bond donors (Lipinski definition) is 0. The molecule has 1 aromatic carbocycles. The van der Waals surface area contributed by atoms with E-state index in [-0.39, 0.29) is 11.3 Å². The van der Waals surface area contributed by atoms with Gasteiger partial charge in [-0.1, -0.05) is 0 Å². The van der Waals surface area contributed by atoms with E-state index in [0.29, 0.717) is 26.2 Å². The van der Waals surface area contributed by atoms with Crippen LogP contribution < -0.4 is 4.90 Å². The van der Waals surface area contributed by atoms with Crippen molar-refractivity contribution in [2.45, 2.75) is 0 Å². The van der Waals surface area contributed by atoms with Crippen molar-refractivity contribution in [3.05, 3.63) is 52.1 Å². The first-order valence-corrected chi connectivity index (χ1v) is 7.42. The van der Waals surface area contributed by atoms with Crippen LogP contribution >= 0.6 is 0 Å². The lowest BCUT2D eigenvalue weighted by Crippen LogP contribution is -2.48. The number of carbonyl (C=O) groups excluding carboxylic acids is 1. The van der Waals surface area contributed by atoms with Gasteiger partial charge in [-0.3, -0.25) is 19.6 Å². The Kier molecular flexibility index (Phi) is 4.15. The highest BCUT2D eigenvalue weighted by atomic mass is 19.1. The number of amides is 1. The number of aryl methyl sites for hydroxylation is 1. The van der Waals surface area contributed by atoms with Crippen molar-refractivity contribution in [1.29, 1.82) is 0 Å². The molecule has 0 bridgehead atoms. The number of aromatic nitrogens is 2. The lowest BCUT2D eigenvalue weighted by atomic mass is 10.1. The van der Waals surface area contributed by atoms with Crippen molar-refractivity contribution >= 4 is 17.3 Å². The number of rotatable bonds is 3. The molecule has 1 aromatic heterocycles. The highest BCUT2D eigenvalue weighted by molar-refractivity contribution is 5.98. The monoisotopic (exact) mass is 333 g/mol. The van der Waals surface area contributed by atoms with Crippen molar-refractivity contribution in [3.8, 4) is 0 Å². The Morgan fingerprint density at radius 1 is 1.29 bits per heavy atom. The van der Waals surface area contributed by atoms with Crippen LogP contribution in [0.4, 0.5) is 15.8 Å². The molecule has 3 rings (SSSR count). The van der Waals surface area contributed by atoms with Gasteiger partial charge in [-0.2, -0.15) is 5.10 Å². The summed E-state index contributed by atoms with van der Waals surface area (Å²) in [4.78, 5) is 26.5. The van der Waals surface area contributed by atoms with E-state index in [9.17, 15) is 19.3 Å². The van der Waals surface area contributed by atoms with Crippen molar-refractivity contribution < 1.29 is 14.1 Å². The van der Waals surface area contributed by atoms with Crippen LogP contribution in [0.15, 0.2) is 30.6 Å². The van der Waals surface area contributed by atoms with Gasteiger partial charge in [0, 0.05) is 45.5 Å². The molecule has 1 aliphatic heterocycles. The van der Waals surface area contributed by atoms with Gasteiger partial charge in [-0.25, -0.2) is 4.39 Å². The number of nitrogens with zero attached hydrogens (tertiary/aromatic N) is 5. The Morgan fingerprint density at radius 2 is 2.00 bits per heavy atom. The van der Waals surface area contributed by atoms with Gasteiger partial charge in [0.1, 0.15) is 11.4 Å². The number of halogens is 1. The molecule has 0 spiro atoms. The molecule has 0 atom stereocenters. The summed E-state index contributed by atoms with van der Waals surface area (Å²) in [5.41, 5.74) is 0.368. The van der Waals surface area contributed by atoms with Gasteiger partial charge in [0.25, 0.3) is 11.6 Å². The number of anilines is 1. The maximum Gasteiger partial charge on any atom is 0.282 e. The molecule has 9 heteroatoms. The van der Waals surface area contributed by atoms with Crippen LogP contribution in [0.5, 0.6) is 0 Å². The van der Waals surface area contributed by atoms with Crippen LogP contribution in [0.25, 0.3) is 0 Å². The van der Waals surface area contributed by atoms with E-state index in [2.05, 4.69) is 10.00 Å². The second-order valence-corrected chi connectivity index (χ2v) is 5.57. The highest BCUT2D eigenvalue weighted by Crippen LogP contribution is 2.23. The minimum absolute atomic E-state index is 0.213. The third-order valence-electron chi connectivity index (χ3n) is 4.01. The smallest absolute Gasteiger partial charge is 0.282 e. The second-order valence-electron chi connectivity index (χ2n) is 5.57. The average molecular weight is 333 g/mol. The summed E-state index contributed by atoms with van der Waals surface area (Å²) in [5.74, 6) is -1.19. The molecule has 0 aliphatic carbocycles. The van der Waals surface area contributed by atoms with Gasteiger partial charge >= 0.3 is 0 Å². The quantitative estimate of drug-likeness (QED) is 0.627. The molecule has 1 amide bonds. The first kappa shape index (κ1) is 15.9. The third kappa shape index (κ3) is 3.05. The number of benzene rings is 1. The lowest BCUT2D eigenvalue weighted by Gasteiger charge is -2.35. The zero-order valence-electron chi connectivity index (χ0n) is 13.1. The summed E-state index contributed by atoms with van der Waals surface area (Å²) in [6.45, 7) is 1.98. The largest absolute Gasteiger partial charge is 0.365 e. The number of hydrogen-bond acceptors (Lipinski definition) is 5. The molecule has 0 N–H and O–H groups in total. The van der Waals surface area contributed by atoms with E-state index in [1.807, 2.05) is 13.2 Å². The minimum atomic E-state index is -0.669. The summed E-state index contributed by atoms with van der Waals surface area (Å²) in [6.07, 6.45) is 3.63. The van der Waals surface area contributed by atoms with Crippen LogP contribution in [-0.4, -0.2) is 51.7 Å². The fourth-order valence-electron chi connectivity index (χ4n) is 2.75. The Bertz CT molecular complexity index is 783. The standard InChI is InChI=1S/C15H16FN5O3/c1-18-10-12(9-17-18)19-4-6-20(7-5-19)15(22)13-8-11(16)2-3-14(13)21(23)24/h2-3,8-10H,4-7H2,1H3. The van der Waals surface area contributed by atoms with Gasteiger partial charge in [-0.15, -0.1) is 0 Å². The van der Waals surface area contributed by atoms with Crippen molar-refractivity contribution in [1.82, 2.24) is 14.7 Å². The lowest BCUT2D eigenvalue weighted by molar-refractivity contribution is -0.385. The molecule has 24 heavy (non-hydrogen) atoms. The fraction of sp³-hybridized carbons (Fsp3) is 0.333. The Balaban J connectivity index is 1.74. The third-order valence-corrected chi connectivity index (χ3v) is 4.01. The first-order chi connectivity index (χ1) is 11.5. The molecule has 0 radical (unpaired) electrons.